The van der Waals surface area contributed by atoms with Crippen molar-refractivity contribution in [3.63, 3.8) is 0 Å². The molecule has 0 spiro atoms. The van der Waals surface area contributed by atoms with Crippen LogP contribution in [0.1, 0.15) is 18.4 Å². The summed E-state index contributed by atoms with van der Waals surface area (Å²) in [5.41, 5.74) is 1.21. The molecule has 1 N–H and O–H groups in total. The lowest BCUT2D eigenvalue weighted by atomic mass is 9.86. The van der Waals surface area contributed by atoms with Gasteiger partial charge in [-0.2, -0.15) is 0 Å². The number of fused-ring (bicyclic) bond motifs is 2. The highest BCUT2D eigenvalue weighted by Gasteiger charge is 2.43. The first kappa shape index (κ1) is 18.4. The molecule has 2 aliphatic rings. The fourth-order valence-electron chi connectivity index (χ4n) is 4.01. The van der Waals surface area contributed by atoms with Crippen LogP contribution in [0.4, 0.5) is 19.3 Å². The Morgan fingerprint density at radius 2 is 1.89 bits per heavy atom. The molecule has 28 heavy (non-hydrogen) atoms. The van der Waals surface area contributed by atoms with E-state index >= 15 is 0 Å². The fourth-order valence-corrected chi connectivity index (χ4v) is 4.01. The number of carbonyl (C=O) groups excluding carboxylic acids is 2. The van der Waals surface area contributed by atoms with Gasteiger partial charge in [0.2, 0.25) is 5.91 Å². The number of benzene rings is 2. The first-order valence-corrected chi connectivity index (χ1v) is 9.36. The molecule has 7 heteroatoms. The Morgan fingerprint density at radius 3 is 2.64 bits per heavy atom. The van der Waals surface area contributed by atoms with Gasteiger partial charge in [-0.05, 0) is 36.5 Å². The molecular weight excluding hydrogens is 364 g/mol. The largest absolute Gasteiger partial charge is 0.336 e. The van der Waals surface area contributed by atoms with E-state index in [0.29, 0.717) is 32.0 Å². The van der Waals surface area contributed by atoms with E-state index in [4.69, 9.17) is 0 Å². The van der Waals surface area contributed by atoms with Crippen LogP contribution in [0.3, 0.4) is 0 Å². The van der Waals surface area contributed by atoms with Crippen LogP contribution < -0.4 is 5.32 Å². The van der Waals surface area contributed by atoms with E-state index in [1.807, 2.05) is 35.2 Å². The third kappa shape index (κ3) is 3.69. The predicted molar refractivity (Wildman–Crippen MR) is 100 cm³/mol. The SMILES string of the molecule is O=C1[C@H]2C[C@H](CCN2C(=O)Nc2ccc(F)c(F)c2)CN1Cc1ccccc1. The topological polar surface area (TPSA) is 52.7 Å². The Kier molecular flexibility index (Phi) is 4.98. The molecule has 5 nitrogen and oxygen atoms in total. The summed E-state index contributed by atoms with van der Waals surface area (Å²) in [5, 5.41) is 2.58. The summed E-state index contributed by atoms with van der Waals surface area (Å²) in [6, 6.07) is 12.0. The molecule has 2 aliphatic heterocycles. The second kappa shape index (κ2) is 7.58. The zero-order valence-electron chi connectivity index (χ0n) is 15.3. The minimum atomic E-state index is -1.03. The fraction of sp³-hybridized carbons (Fsp3) is 0.333. The number of nitrogens with zero attached hydrogens (tertiary/aromatic N) is 2. The van der Waals surface area contributed by atoms with Crippen molar-refractivity contribution in [2.45, 2.75) is 25.4 Å². The molecule has 2 bridgehead atoms. The van der Waals surface area contributed by atoms with Gasteiger partial charge in [0.05, 0.1) is 0 Å². The summed E-state index contributed by atoms with van der Waals surface area (Å²) in [7, 11) is 0. The molecule has 2 aromatic rings. The molecule has 0 saturated carbocycles. The molecule has 3 amide bonds. The van der Waals surface area contributed by atoms with Crippen LogP contribution >= 0.6 is 0 Å². The van der Waals surface area contributed by atoms with E-state index in [1.54, 1.807) is 0 Å². The quantitative estimate of drug-likeness (QED) is 0.877. The summed E-state index contributed by atoms with van der Waals surface area (Å²) >= 11 is 0. The van der Waals surface area contributed by atoms with Gasteiger partial charge in [-0.25, -0.2) is 13.6 Å². The van der Waals surface area contributed by atoms with Gasteiger partial charge in [-0.3, -0.25) is 4.79 Å². The molecular formula is C21H21F2N3O2. The summed E-state index contributed by atoms with van der Waals surface area (Å²) < 4.78 is 26.5. The number of rotatable bonds is 3. The molecule has 2 saturated heterocycles. The number of amides is 3. The third-order valence-corrected chi connectivity index (χ3v) is 5.43. The summed E-state index contributed by atoms with van der Waals surface area (Å²) in [5.74, 6) is -1.71. The van der Waals surface area contributed by atoms with Crippen molar-refractivity contribution in [2.75, 3.05) is 18.4 Å². The first-order chi connectivity index (χ1) is 13.5. The Labute approximate surface area is 161 Å². The highest BCUT2D eigenvalue weighted by atomic mass is 19.2. The van der Waals surface area contributed by atoms with Crippen LogP contribution in [-0.2, 0) is 11.3 Å². The van der Waals surface area contributed by atoms with Crippen molar-refractivity contribution < 1.29 is 18.4 Å². The van der Waals surface area contributed by atoms with Gasteiger partial charge >= 0.3 is 6.03 Å². The number of hydrogen-bond acceptors (Lipinski definition) is 2. The standard InChI is InChI=1S/C21H21F2N3O2/c22-17-7-6-16(11-18(17)23)24-21(28)26-9-8-15-10-19(26)20(27)25(13-15)12-14-4-2-1-3-5-14/h1-7,11,15,19H,8-10,12-13H2,(H,24,28)/t15-,19+/m0/s1. The van der Waals surface area contributed by atoms with E-state index in [1.165, 1.54) is 11.0 Å². The molecule has 2 aromatic carbocycles. The number of nitrogens with one attached hydrogen (secondary N) is 1. The van der Waals surface area contributed by atoms with E-state index in [0.717, 1.165) is 24.1 Å². The molecule has 0 aromatic heterocycles. The van der Waals surface area contributed by atoms with E-state index in [2.05, 4.69) is 5.32 Å². The molecule has 2 atom stereocenters. The Balaban J connectivity index is 1.47. The van der Waals surface area contributed by atoms with Gasteiger partial charge < -0.3 is 15.1 Å². The molecule has 0 unspecified atom stereocenters. The van der Waals surface area contributed by atoms with Crippen LogP contribution in [-0.4, -0.2) is 40.9 Å². The molecule has 0 radical (unpaired) electrons. The van der Waals surface area contributed by atoms with Gasteiger partial charge in [-0.1, -0.05) is 30.3 Å². The van der Waals surface area contributed by atoms with E-state index in [-0.39, 0.29) is 11.6 Å². The average molecular weight is 385 g/mol. The second-order valence-corrected chi connectivity index (χ2v) is 7.36. The smallest absolute Gasteiger partial charge is 0.322 e. The van der Waals surface area contributed by atoms with Crippen molar-refractivity contribution in [1.82, 2.24) is 9.80 Å². The number of halogens is 2. The Morgan fingerprint density at radius 1 is 1.11 bits per heavy atom. The van der Waals surface area contributed by atoms with E-state index in [9.17, 15) is 18.4 Å². The zero-order valence-corrected chi connectivity index (χ0v) is 15.3. The normalized spacial score (nSPS) is 21.6. The Bertz CT molecular complexity index is 890. The highest BCUT2D eigenvalue weighted by Crippen LogP contribution is 2.31. The molecule has 2 fully saturated rings. The maximum Gasteiger partial charge on any atom is 0.322 e. The summed E-state index contributed by atoms with van der Waals surface area (Å²) in [6.45, 7) is 1.68. The highest BCUT2D eigenvalue weighted by molar-refractivity contribution is 5.94. The van der Waals surface area contributed by atoms with Crippen LogP contribution in [0.2, 0.25) is 0 Å². The van der Waals surface area contributed by atoms with Gasteiger partial charge in [0, 0.05) is 31.4 Å². The van der Waals surface area contributed by atoms with Crippen LogP contribution in [0.15, 0.2) is 48.5 Å². The zero-order chi connectivity index (χ0) is 19.7. The molecule has 146 valence electrons. The minimum Gasteiger partial charge on any atom is -0.336 e. The van der Waals surface area contributed by atoms with Gasteiger partial charge in [0.25, 0.3) is 0 Å². The van der Waals surface area contributed by atoms with Crippen LogP contribution in [0, 0.1) is 17.6 Å². The lowest BCUT2D eigenvalue weighted by molar-refractivity contribution is -0.144. The number of hydrogen-bond donors (Lipinski definition) is 1. The molecule has 2 heterocycles. The van der Waals surface area contributed by atoms with Crippen LogP contribution in [0.25, 0.3) is 0 Å². The number of piperidine rings is 2. The number of urea groups is 1. The number of likely N-dealkylation sites (tertiary alicyclic amines) is 2. The van der Waals surface area contributed by atoms with Gasteiger partial charge in [-0.15, -0.1) is 0 Å². The van der Waals surface area contributed by atoms with E-state index < -0.39 is 23.7 Å². The van der Waals surface area contributed by atoms with Crippen LogP contribution in [0.5, 0.6) is 0 Å². The second-order valence-electron chi connectivity index (χ2n) is 7.36. The third-order valence-electron chi connectivity index (χ3n) is 5.43. The lowest BCUT2D eigenvalue weighted by Crippen LogP contribution is -2.60. The Hall–Kier alpha value is -2.96. The van der Waals surface area contributed by atoms with Crippen molar-refractivity contribution >= 4 is 17.6 Å². The van der Waals surface area contributed by atoms with Crippen molar-refractivity contribution in [2.24, 2.45) is 5.92 Å². The molecule has 0 aliphatic carbocycles. The molecule has 4 rings (SSSR count). The predicted octanol–water partition coefficient (Wildman–Crippen LogP) is 3.62. The monoisotopic (exact) mass is 385 g/mol. The van der Waals surface area contributed by atoms with Crippen molar-refractivity contribution in [3.8, 4) is 0 Å². The van der Waals surface area contributed by atoms with Crippen molar-refractivity contribution in [1.29, 1.82) is 0 Å². The van der Waals surface area contributed by atoms with Gasteiger partial charge in [0.15, 0.2) is 11.6 Å². The lowest BCUT2D eigenvalue weighted by Gasteiger charge is -2.46. The minimum absolute atomic E-state index is 0.0692. The maximum atomic E-state index is 13.4. The van der Waals surface area contributed by atoms with Crippen molar-refractivity contribution in [3.05, 3.63) is 65.7 Å². The first-order valence-electron chi connectivity index (χ1n) is 9.36. The average Bonchev–Trinajstić information content (AvgIpc) is 2.69. The number of anilines is 1. The summed E-state index contributed by atoms with van der Waals surface area (Å²) in [6.07, 6.45) is 1.44. The summed E-state index contributed by atoms with van der Waals surface area (Å²) in [4.78, 5) is 29.0. The maximum absolute atomic E-state index is 13.4. The van der Waals surface area contributed by atoms with Gasteiger partial charge in [0.1, 0.15) is 6.04 Å². The number of carbonyl (C=O) groups is 2.